The van der Waals surface area contributed by atoms with Gasteiger partial charge in [-0.05, 0) is 64.7 Å². The molecule has 4 nitrogen and oxygen atoms in total. The van der Waals surface area contributed by atoms with Gasteiger partial charge in [0.15, 0.2) is 5.88 Å². The van der Waals surface area contributed by atoms with Crippen LogP contribution in [0.2, 0.25) is 5.02 Å². The van der Waals surface area contributed by atoms with Crippen LogP contribution >= 0.6 is 11.6 Å². The van der Waals surface area contributed by atoms with Crippen LogP contribution in [0, 0.1) is 0 Å². The average Bonchev–Trinajstić information content (AvgIpc) is 2.90. The number of halogens is 1. The van der Waals surface area contributed by atoms with Gasteiger partial charge in [0.1, 0.15) is 5.60 Å². The van der Waals surface area contributed by atoms with E-state index in [4.69, 9.17) is 21.3 Å². The fourth-order valence-corrected chi connectivity index (χ4v) is 4.65. The van der Waals surface area contributed by atoms with Crippen molar-refractivity contribution in [2.24, 2.45) is 4.99 Å². The molecule has 1 aliphatic rings. The van der Waals surface area contributed by atoms with E-state index in [9.17, 15) is 5.11 Å². The number of allylic oxidation sites excluding steroid dienone is 1. The van der Waals surface area contributed by atoms with E-state index in [2.05, 4.69) is 56.9 Å². The standard InChI is InChI=1S/C32H37ClN2O2.C2H6/c1-5-35(31(25-17-12-18-25)37-32(2,3)4)22-29(36)27-20-19-26(21-28(27)33)34-30(23-13-8-6-9-14-23)24-15-10-7-11-16-24;1-2/h6-11,13-16,19-21,29,36H,5,12,17-18,22H2,1-4H3;1-2H3. The molecule has 0 amide bonds. The predicted octanol–water partition coefficient (Wildman–Crippen LogP) is 9.10. The fraction of sp³-hybridized carbons (Fsp3) is 0.382. The Bertz CT molecular complexity index is 1200. The highest BCUT2D eigenvalue weighted by atomic mass is 35.5. The van der Waals surface area contributed by atoms with E-state index in [0.717, 1.165) is 47.8 Å². The molecule has 1 unspecified atom stereocenters. The Hall–Kier alpha value is -3.08. The Morgan fingerprint density at radius 3 is 1.95 bits per heavy atom. The van der Waals surface area contributed by atoms with Gasteiger partial charge in [0.25, 0.3) is 0 Å². The number of aliphatic imine (C=N–C) groups is 1. The molecule has 0 aromatic heterocycles. The van der Waals surface area contributed by atoms with Crippen LogP contribution in [0.4, 0.5) is 5.69 Å². The van der Waals surface area contributed by atoms with Crippen LogP contribution < -0.4 is 0 Å². The largest absolute Gasteiger partial charge is 0.473 e. The van der Waals surface area contributed by atoms with E-state index in [-0.39, 0.29) is 5.60 Å². The Kier molecular flexibility index (Phi) is 11.2. The van der Waals surface area contributed by atoms with E-state index in [1.807, 2.05) is 68.4 Å². The molecule has 0 radical (unpaired) electrons. The quantitative estimate of drug-likeness (QED) is 0.215. The molecule has 1 atom stereocenters. The number of benzene rings is 3. The molecular weight excluding hydrogens is 504 g/mol. The first-order chi connectivity index (χ1) is 18.7. The number of ether oxygens (including phenoxy) is 1. The van der Waals surface area contributed by atoms with Gasteiger partial charge in [-0.2, -0.15) is 0 Å². The van der Waals surface area contributed by atoms with Crippen LogP contribution in [0.1, 0.15) is 83.6 Å². The van der Waals surface area contributed by atoms with Crippen molar-refractivity contribution in [2.45, 2.75) is 72.5 Å². The van der Waals surface area contributed by atoms with Crippen molar-refractivity contribution < 1.29 is 9.84 Å². The number of hydrogen-bond donors (Lipinski definition) is 1. The van der Waals surface area contributed by atoms with Crippen LogP contribution in [0.3, 0.4) is 0 Å². The van der Waals surface area contributed by atoms with Gasteiger partial charge in [-0.25, -0.2) is 4.99 Å². The second-order valence-electron chi connectivity index (χ2n) is 10.4. The third-order valence-corrected chi connectivity index (χ3v) is 6.73. The number of rotatable bonds is 9. The van der Waals surface area contributed by atoms with Gasteiger partial charge in [0, 0.05) is 28.3 Å². The molecule has 0 saturated heterocycles. The Balaban J connectivity index is 0.00000205. The maximum Gasteiger partial charge on any atom is 0.189 e. The van der Waals surface area contributed by atoms with Gasteiger partial charge < -0.3 is 14.7 Å². The minimum Gasteiger partial charge on any atom is -0.473 e. The van der Waals surface area contributed by atoms with Gasteiger partial charge in [0.05, 0.1) is 24.0 Å². The maximum absolute atomic E-state index is 11.2. The summed E-state index contributed by atoms with van der Waals surface area (Å²) in [6.07, 6.45) is 2.54. The highest BCUT2D eigenvalue weighted by molar-refractivity contribution is 6.31. The lowest BCUT2D eigenvalue weighted by molar-refractivity contribution is -0.0135. The summed E-state index contributed by atoms with van der Waals surface area (Å²) < 4.78 is 6.35. The fourth-order valence-electron chi connectivity index (χ4n) is 4.35. The molecule has 1 aliphatic carbocycles. The summed E-state index contributed by atoms with van der Waals surface area (Å²) in [5.74, 6) is 0.910. The lowest BCUT2D eigenvalue weighted by atomic mass is 9.92. The molecule has 1 saturated carbocycles. The summed E-state index contributed by atoms with van der Waals surface area (Å²) in [6, 6.07) is 25.9. The van der Waals surface area contributed by atoms with Crippen molar-refractivity contribution >= 4 is 23.0 Å². The average molecular weight is 547 g/mol. The number of hydrogen-bond acceptors (Lipinski definition) is 4. The Morgan fingerprint density at radius 1 is 0.949 bits per heavy atom. The van der Waals surface area contributed by atoms with Crippen molar-refractivity contribution in [1.29, 1.82) is 0 Å². The van der Waals surface area contributed by atoms with E-state index in [1.165, 1.54) is 12.0 Å². The molecular formula is C34H43ClN2O2. The van der Waals surface area contributed by atoms with Crippen molar-refractivity contribution in [3.8, 4) is 0 Å². The summed E-state index contributed by atoms with van der Waals surface area (Å²) in [5.41, 5.74) is 5.39. The first-order valence-electron chi connectivity index (χ1n) is 14.1. The maximum atomic E-state index is 11.2. The van der Waals surface area contributed by atoms with Crippen LogP contribution in [0.15, 0.2) is 95.3 Å². The van der Waals surface area contributed by atoms with Gasteiger partial charge in [-0.15, -0.1) is 0 Å². The van der Waals surface area contributed by atoms with Crippen LogP contribution in [0.5, 0.6) is 0 Å². The van der Waals surface area contributed by atoms with E-state index >= 15 is 0 Å². The Morgan fingerprint density at radius 2 is 1.51 bits per heavy atom. The minimum absolute atomic E-state index is 0.303. The molecule has 0 aliphatic heterocycles. The molecule has 0 spiro atoms. The SMILES string of the molecule is CC.CCN(CC(O)c1ccc(N=C(c2ccccc2)c2ccccc2)cc1Cl)C(OC(C)(C)C)=C1CCC1. The highest BCUT2D eigenvalue weighted by Crippen LogP contribution is 2.35. The first kappa shape index (κ1) is 30.5. The lowest BCUT2D eigenvalue weighted by Gasteiger charge is -2.36. The summed E-state index contributed by atoms with van der Waals surface area (Å²) >= 11 is 6.72. The van der Waals surface area contributed by atoms with Crippen LogP contribution in [0.25, 0.3) is 0 Å². The molecule has 0 bridgehead atoms. The van der Waals surface area contributed by atoms with Crippen LogP contribution in [-0.2, 0) is 4.74 Å². The van der Waals surface area contributed by atoms with Crippen LogP contribution in [-0.4, -0.2) is 34.4 Å². The Labute approximate surface area is 240 Å². The normalized spacial score (nSPS) is 13.4. The van der Waals surface area contributed by atoms with Gasteiger partial charge in [0.2, 0.25) is 0 Å². The van der Waals surface area contributed by atoms with E-state index < -0.39 is 6.10 Å². The molecule has 0 heterocycles. The molecule has 3 aromatic carbocycles. The second-order valence-corrected chi connectivity index (χ2v) is 10.8. The summed E-state index contributed by atoms with van der Waals surface area (Å²) in [5, 5.41) is 11.7. The molecule has 1 fully saturated rings. The highest BCUT2D eigenvalue weighted by Gasteiger charge is 2.27. The lowest BCUT2D eigenvalue weighted by Crippen LogP contribution is -2.35. The number of nitrogens with zero attached hydrogens (tertiary/aromatic N) is 2. The molecule has 5 heteroatoms. The second kappa shape index (κ2) is 14.3. The van der Waals surface area contributed by atoms with Crippen molar-refractivity contribution in [3.63, 3.8) is 0 Å². The first-order valence-corrected chi connectivity index (χ1v) is 14.5. The third-order valence-electron chi connectivity index (χ3n) is 6.40. The van der Waals surface area contributed by atoms with Crippen molar-refractivity contribution in [3.05, 3.63) is 112 Å². The van der Waals surface area contributed by atoms with E-state index in [1.54, 1.807) is 0 Å². The molecule has 39 heavy (non-hydrogen) atoms. The topological polar surface area (TPSA) is 45.1 Å². The number of aliphatic hydroxyl groups is 1. The number of likely N-dealkylation sites (N-methyl/N-ethyl adjacent to an activating group) is 1. The zero-order valence-electron chi connectivity index (χ0n) is 24.2. The molecule has 3 aromatic rings. The zero-order valence-corrected chi connectivity index (χ0v) is 25.0. The minimum atomic E-state index is -0.757. The van der Waals surface area contributed by atoms with Gasteiger partial charge >= 0.3 is 0 Å². The summed E-state index contributed by atoms with van der Waals surface area (Å²) in [6.45, 7) is 13.4. The smallest absolute Gasteiger partial charge is 0.189 e. The predicted molar refractivity (Wildman–Crippen MR) is 165 cm³/mol. The van der Waals surface area contributed by atoms with Gasteiger partial charge in [-0.3, -0.25) is 0 Å². The zero-order chi connectivity index (χ0) is 28.4. The van der Waals surface area contributed by atoms with Crippen molar-refractivity contribution in [2.75, 3.05) is 13.1 Å². The third kappa shape index (κ3) is 8.45. The molecule has 1 N–H and O–H groups in total. The molecule has 4 rings (SSSR count). The van der Waals surface area contributed by atoms with Crippen molar-refractivity contribution in [1.82, 2.24) is 4.90 Å². The monoisotopic (exact) mass is 546 g/mol. The summed E-state index contributed by atoms with van der Waals surface area (Å²) in [7, 11) is 0. The number of aliphatic hydroxyl groups excluding tert-OH is 1. The molecule has 208 valence electrons. The van der Waals surface area contributed by atoms with Gasteiger partial charge in [-0.1, -0.05) is 92.2 Å². The summed E-state index contributed by atoms with van der Waals surface area (Å²) in [4.78, 5) is 7.10. The van der Waals surface area contributed by atoms with E-state index in [0.29, 0.717) is 17.1 Å².